The zero-order valence-corrected chi connectivity index (χ0v) is 16.4. The van der Waals surface area contributed by atoms with Gasteiger partial charge in [-0.1, -0.05) is 48.0 Å². The van der Waals surface area contributed by atoms with Gasteiger partial charge in [-0.2, -0.15) is 4.31 Å². The third-order valence-electron chi connectivity index (χ3n) is 4.22. The molecule has 7 heteroatoms. The van der Waals surface area contributed by atoms with Crippen molar-refractivity contribution in [3.8, 4) is 0 Å². The number of benzene rings is 2. The van der Waals surface area contributed by atoms with Gasteiger partial charge in [0.25, 0.3) is 0 Å². The SMILES string of the molecule is Cc1ccc(S(=O)(=O)N(CC(=O)NCc2ccco2)Cc2ccccc2)cc1. The maximum absolute atomic E-state index is 13.1. The van der Waals surface area contributed by atoms with Crippen LogP contribution >= 0.6 is 0 Å². The summed E-state index contributed by atoms with van der Waals surface area (Å²) in [4.78, 5) is 12.6. The van der Waals surface area contributed by atoms with Crippen LogP contribution in [0.4, 0.5) is 0 Å². The summed E-state index contributed by atoms with van der Waals surface area (Å²) < 4.78 is 32.7. The molecule has 0 spiro atoms. The van der Waals surface area contributed by atoms with Gasteiger partial charge in [-0.3, -0.25) is 4.79 Å². The number of carbonyl (C=O) groups excluding carboxylic acids is 1. The van der Waals surface area contributed by atoms with Crippen LogP contribution in [0.15, 0.2) is 82.3 Å². The van der Waals surface area contributed by atoms with Gasteiger partial charge in [0.2, 0.25) is 15.9 Å². The molecule has 1 heterocycles. The molecule has 0 fully saturated rings. The van der Waals surface area contributed by atoms with E-state index in [1.165, 1.54) is 10.6 Å². The predicted molar refractivity (Wildman–Crippen MR) is 106 cm³/mol. The molecule has 1 N–H and O–H groups in total. The predicted octanol–water partition coefficient (Wildman–Crippen LogP) is 3.10. The summed E-state index contributed by atoms with van der Waals surface area (Å²) in [5.74, 6) is 0.201. The Morgan fingerprint density at radius 3 is 2.36 bits per heavy atom. The van der Waals surface area contributed by atoms with Crippen molar-refractivity contribution in [2.24, 2.45) is 0 Å². The molecule has 3 rings (SSSR count). The van der Waals surface area contributed by atoms with E-state index in [9.17, 15) is 13.2 Å². The van der Waals surface area contributed by atoms with Gasteiger partial charge in [-0.25, -0.2) is 8.42 Å². The van der Waals surface area contributed by atoms with Crippen LogP contribution in [0, 0.1) is 6.92 Å². The minimum Gasteiger partial charge on any atom is -0.467 e. The lowest BCUT2D eigenvalue weighted by atomic mass is 10.2. The third-order valence-corrected chi connectivity index (χ3v) is 6.03. The number of hydrogen-bond acceptors (Lipinski definition) is 4. The van der Waals surface area contributed by atoms with Crippen LogP contribution in [-0.4, -0.2) is 25.2 Å². The molecule has 146 valence electrons. The lowest BCUT2D eigenvalue weighted by Gasteiger charge is -2.22. The van der Waals surface area contributed by atoms with Crippen molar-refractivity contribution in [3.63, 3.8) is 0 Å². The van der Waals surface area contributed by atoms with Gasteiger partial charge in [0.1, 0.15) is 5.76 Å². The van der Waals surface area contributed by atoms with Crippen LogP contribution in [0.3, 0.4) is 0 Å². The minimum absolute atomic E-state index is 0.102. The highest BCUT2D eigenvalue weighted by molar-refractivity contribution is 7.89. The smallest absolute Gasteiger partial charge is 0.243 e. The highest BCUT2D eigenvalue weighted by Crippen LogP contribution is 2.19. The van der Waals surface area contributed by atoms with Crippen LogP contribution in [-0.2, 0) is 27.9 Å². The van der Waals surface area contributed by atoms with Crippen LogP contribution in [0.1, 0.15) is 16.9 Å². The lowest BCUT2D eigenvalue weighted by molar-refractivity contribution is -0.121. The van der Waals surface area contributed by atoms with Crippen molar-refractivity contribution in [1.82, 2.24) is 9.62 Å². The first-order chi connectivity index (χ1) is 13.4. The molecule has 0 aliphatic carbocycles. The maximum atomic E-state index is 13.1. The monoisotopic (exact) mass is 398 g/mol. The molecule has 0 bridgehead atoms. The standard InChI is InChI=1S/C21H22N2O4S/c1-17-9-11-20(12-10-17)28(25,26)23(15-18-6-3-2-4-7-18)16-21(24)22-14-19-8-5-13-27-19/h2-13H,14-16H2,1H3,(H,22,24). The molecule has 0 aliphatic rings. The van der Waals surface area contributed by atoms with E-state index in [1.54, 1.807) is 36.4 Å². The molecule has 1 aromatic heterocycles. The number of amides is 1. The Morgan fingerprint density at radius 1 is 1.00 bits per heavy atom. The molecule has 1 amide bonds. The summed E-state index contributed by atoms with van der Waals surface area (Å²) in [5, 5.41) is 2.70. The molecule has 28 heavy (non-hydrogen) atoms. The Morgan fingerprint density at radius 2 is 1.71 bits per heavy atom. The molecule has 0 radical (unpaired) electrons. The molecule has 0 saturated carbocycles. The average Bonchev–Trinajstić information content (AvgIpc) is 3.21. The zero-order valence-electron chi connectivity index (χ0n) is 15.5. The number of rotatable bonds is 8. The van der Waals surface area contributed by atoms with Crippen LogP contribution in [0.25, 0.3) is 0 Å². The first kappa shape index (κ1) is 19.9. The molecule has 6 nitrogen and oxygen atoms in total. The van der Waals surface area contributed by atoms with Gasteiger partial charge >= 0.3 is 0 Å². The summed E-state index contributed by atoms with van der Waals surface area (Å²) in [6.07, 6.45) is 1.52. The van der Waals surface area contributed by atoms with E-state index in [-0.39, 0.29) is 24.5 Å². The normalized spacial score (nSPS) is 11.5. The Balaban J connectivity index is 1.79. The quantitative estimate of drug-likeness (QED) is 0.632. The Hall–Kier alpha value is -2.90. The van der Waals surface area contributed by atoms with Gasteiger partial charge in [0, 0.05) is 6.54 Å². The largest absolute Gasteiger partial charge is 0.467 e. The van der Waals surface area contributed by atoms with Crippen molar-refractivity contribution >= 4 is 15.9 Å². The number of aryl methyl sites for hydroxylation is 1. The van der Waals surface area contributed by atoms with E-state index in [0.29, 0.717) is 5.76 Å². The molecule has 0 aliphatic heterocycles. The maximum Gasteiger partial charge on any atom is 0.243 e. The number of sulfonamides is 1. The molecule has 0 saturated heterocycles. The number of nitrogens with one attached hydrogen (secondary N) is 1. The molecular formula is C21H22N2O4S. The molecule has 3 aromatic rings. The Bertz CT molecular complexity index is 998. The van der Waals surface area contributed by atoms with Gasteiger partial charge in [0.05, 0.1) is 24.2 Å². The highest BCUT2D eigenvalue weighted by Gasteiger charge is 2.26. The van der Waals surface area contributed by atoms with Crippen molar-refractivity contribution in [2.45, 2.75) is 24.9 Å². The highest BCUT2D eigenvalue weighted by atomic mass is 32.2. The first-order valence-corrected chi connectivity index (χ1v) is 10.3. The molecule has 0 unspecified atom stereocenters. The van der Waals surface area contributed by atoms with E-state index in [0.717, 1.165) is 11.1 Å². The summed E-state index contributed by atoms with van der Waals surface area (Å²) in [6.45, 7) is 1.91. The topological polar surface area (TPSA) is 79.6 Å². The van der Waals surface area contributed by atoms with E-state index >= 15 is 0 Å². The lowest BCUT2D eigenvalue weighted by Crippen LogP contribution is -2.40. The summed E-state index contributed by atoms with van der Waals surface area (Å²) in [6, 6.07) is 19.3. The fourth-order valence-electron chi connectivity index (χ4n) is 2.69. The van der Waals surface area contributed by atoms with E-state index in [2.05, 4.69) is 5.32 Å². The van der Waals surface area contributed by atoms with E-state index < -0.39 is 15.9 Å². The number of carbonyl (C=O) groups is 1. The molecule has 2 aromatic carbocycles. The minimum atomic E-state index is -3.83. The summed E-state index contributed by atoms with van der Waals surface area (Å²) >= 11 is 0. The zero-order chi connectivity index (χ0) is 20.0. The Kier molecular flexibility index (Phi) is 6.28. The number of hydrogen-bond donors (Lipinski definition) is 1. The van der Waals surface area contributed by atoms with Gasteiger partial charge < -0.3 is 9.73 Å². The average molecular weight is 398 g/mol. The fourth-order valence-corrected chi connectivity index (χ4v) is 4.07. The number of nitrogens with zero attached hydrogens (tertiary/aromatic N) is 1. The van der Waals surface area contributed by atoms with Crippen molar-refractivity contribution < 1.29 is 17.6 Å². The van der Waals surface area contributed by atoms with Crippen molar-refractivity contribution in [2.75, 3.05) is 6.54 Å². The van der Waals surface area contributed by atoms with Crippen molar-refractivity contribution in [3.05, 3.63) is 89.9 Å². The first-order valence-electron chi connectivity index (χ1n) is 8.85. The van der Waals surface area contributed by atoms with Crippen LogP contribution in [0.2, 0.25) is 0 Å². The van der Waals surface area contributed by atoms with Crippen LogP contribution in [0.5, 0.6) is 0 Å². The summed E-state index contributed by atoms with van der Waals surface area (Å²) in [7, 11) is -3.83. The number of furan rings is 1. The van der Waals surface area contributed by atoms with Crippen LogP contribution < -0.4 is 5.32 Å². The van der Waals surface area contributed by atoms with Gasteiger partial charge in [0.15, 0.2) is 0 Å². The van der Waals surface area contributed by atoms with E-state index in [1.807, 2.05) is 37.3 Å². The second-order valence-electron chi connectivity index (χ2n) is 6.43. The fraction of sp³-hybridized carbons (Fsp3) is 0.190. The van der Waals surface area contributed by atoms with Gasteiger partial charge in [-0.05, 0) is 36.8 Å². The summed E-state index contributed by atoms with van der Waals surface area (Å²) in [5.41, 5.74) is 1.77. The van der Waals surface area contributed by atoms with E-state index in [4.69, 9.17) is 4.42 Å². The second-order valence-corrected chi connectivity index (χ2v) is 8.37. The Labute approximate surface area is 164 Å². The molecular weight excluding hydrogens is 376 g/mol. The molecule has 0 atom stereocenters. The van der Waals surface area contributed by atoms with Gasteiger partial charge in [-0.15, -0.1) is 0 Å². The van der Waals surface area contributed by atoms with Crippen molar-refractivity contribution in [1.29, 1.82) is 0 Å². The third kappa shape index (κ3) is 5.09. The second kappa shape index (κ2) is 8.86.